The first-order chi connectivity index (χ1) is 13.2. The molecule has 0 aromatic heterocycles. The number of likely N-dealkylation sites (tertiary alicyclic amines) is 1. The Kier molecular flexibility index (Phi) is 9.25. The molecule has 1 heterocycles. The van der Waals surface area contributed by atoms with E-state index in [1.165, 1.54) is 25.8 Å². The molecular formula is C21H36N4O2. The van der Waals surface area contributed by atoms with Crippen molar-refractivity contribution in [2.75, 3.05) is 40.4 Å². The van der Waals surface area contributed by atoms with Crippen molar-refractivity contribution in [1.29, 1.82) is 0 Å². The van der Waals surface area contributed by atoms with E-state index in [1.54, 1.807) is 14.2 Å². The Morgan fingerprint density at radius 1 is 1.19 bits per heavy atom. The second kappa shape index (κ2) is 11.7. The minimum Gasteiger partial charge on any atom is -0.493 e. The highest BCUT2D eigenvalue weighted by Gasteiger charge is 2.17. The summed E-state index contributed by atoms with van der Waals surface area (Å²) in [5.41, 5.74) is 1.09. The van der Waals surface area contributed by atoms with Crippen LogP contribution >= 0.6 is 0 Å². The van der Waals surface area contributed by atoms with E-state index in [1.807, 2.05) is 18.2 Å². The van der Waals surface area contributed by atoms with Crippen LogP contribution in [0.5, 0.6) is 11.5 Å². The van der Waals surface area contributed by atoms with Gasteiger partial charge in [-0.25, -0.2) is 4.99 Å². The maximum atomic E-state index is 5.37. The molecule has 1 aromatic carbocycles. The third-order valence-corrected chi connectivity index (χ3v) is 5.07. The molecule has 6 heteroatoms. The number of guanidine groups is 1. The van der Waals surface area contributed by atoms with Crippen LogP contribution in [0.4, 0.5) is 0 Å². The summed E-state index contributed by atoms with van der Waals surface area (Å²) in [6.45, 7) is 9.21. The third-order valence-electron chi connectivity index (χ3n) is 5.07. The van der Waals surface area contributed by atoms with Gasteiger partial charge >= 0.3 is 0 Å². The third kappa shape index (κ3) is 6.94. The zero-order chi connectivity index (χ0) is 19.5. The Bertz CT molecular complexity index is 592. The second-order valence-corrected chi connectivity index (χ2v) is 7.05. The van der Waals surface area contributed by atoms with Crippen molar-refractivity contribution in [3.8, 4) is 11.5 Å². The average molecular weight is 377 g/mol. The number of aliphatic imine (C=N–C) groups is 1. The number of nitrogens with one attached hydrogen (secondary N) is 2. The molecule has 152 valence electrons. The van der Waals surface area contributed by atoms with Gasteiger partial charge in [-0.05, 0) is 57.4 Å². The van der Waals surface area contributed by atoms with Crippen LogP contribution in [0.25, 0.3) is 0 Å². The summed E-state index contributed by atoms with van der Waals surface area (Å²) in [6, 6.07) is 6.64. The summed E-state index contributed by atoms with van der Waals surface area (Å²) in [7, 11) is 3.30. The minimum absolute atomic E-state index is 0.596. The normalized spacial score (nSPS) is 18.2. The fraction of sp³-hybridized carbons (Fsp3) is 0.667. The lowest BCUT2D eigenvalue weighted by Gasteiger charge is -2.33. The van der Waals surface area contributed by atoms with Crippen molar-refractivity contribution < 1.29 is 9.47 Å². The molecule has 1 aliphatic heterocycles. The predicted octanol–water partition coefficient (Wildman–Crippen LogP) is 3.02. The smallest absolute Gasteiger partial charge is 0.191 e. The first kappa shape index (κ1) is 21.4. The molecule has 0 amide bonds. The number of benzene rings is 1. The Balaban J connectivity index is 1.83. The van der Waals surface area contributed by atoms with Crippen LogP contribution in [-0.2, 0) is 6.54 Å². The van der Waals surface area contributed by atoms with Gasteiger partial charge in [0.1, 0.15) is 0 Å². The SMILES string of the molecule is CCNC(=NCc1ccc(OC)c(OC)c1)NCCCN1CCCCC1C. The molecule has 0 bridgehead atoms. The number of methoxy groups -OCH3 is 2. The molecule has 1 atom stereocenters. The van der Waals surface area contributed by atoms with Crippen LogP contribution in [0.15, 0.2) is 23.2 Å². The zero-order valence-corrected chi connectivity index (χ0v) is 17.4. The highest BCUT2D eigenvalue weighted by Crippen LogP contribution is 2.27. The Labute approximate surface area is 164 Å². The van der Waals surface area contributed by atoms with E-state index in [0.29, 0.717) is 6.54 Å². The highest BCUT2D eigenvalue weighted by molar-refractivity contribution is 5.79. The van der Waals surface area contributed by atoms with Crippen molar-refractivity contribution in [3.05, 3.63) is 23.8 Å². The van der Waals surface area contributed by atoms with Crippen LogP contribution in [0.1, 0.15) is 45.1 Å². The molecule has 1 aromatic rings. The zero-order valence-electron chi connectivity index (χ0n) is 17.4. The van der Waals surface area contributed by atoms with E-state index in [2.05, 4.69) is 29.4 Å². The Morgan fingerprint density at radius 3 is 2.70 bits per heavy atom. The van der Waals surface area contributed by atoms with Gasteiger partial charge in [-0.1, -0.05) is 12.5 Å². The first-order valence-electron chi connectivity index (χ1n) is 10.1. The van der Waals surface area contributed by atoms with Gasteiger partial charge in [-0.15, -0.1) is 0 Å². The van der Waals surface area contributed by atoms with Gasteiger partial charge in [0.2, 0.25) is 0 Å². The van der Waals surface area contributed by atoms with Gasteiger partial charge in [0, 0.05) is 25.7 Å². The Morgan fingerprint density at radius 2 is 2.00 bits per heavy atom. The average Bonchev–Trinajstić information content (AvgIpc) is 2.70. The van der Waals surface area contributed by atoms with Gasteiger partial charge in [0.25, 0.3) is 0 Å². The molecule has 2 N–H and O–H groups in total. The molecule has 1 saturated heterocycles. The predicted molar refractivity (Wildman–Crippen MR) is 112 cm³/mol. The van der Waals surface area contributed by atoms with Crippen molar-refractivity contribution in [1.82, 2.24) is 15.5 Å². The van der Waals surface area contributed by atoms with Crippen LogP contribution in [0.3, 0.4) is 0 Å². The first-order valence-corrected chi connectivity index (χ1v) is 10.1. The van der Waals surface area contributed by atoms with Crippen molar-refractivity contribution in [2.45, 2.75) is 52.1 Å². The molecule has 27 heavy (non-hydrogen) atoms. The molecule has 0 saturated carbocycles. The van der Waals surface area contributed by atoms with Crippen molar-refractivity contribution >= 4 is 5.96 Å². The quantitative estimate of drug-likeness (QED) is 0.394. The van der Waals surface area contributed by atoms with E-state index < -0.39 is 0 Å². The van der Waals surface area contributed by atoms with E-state index in [0.717, 1.165) is 55.1 Å². The molecule has 0 radical (unpaired) electrons. The summed E-state index contributed by atoms with van der Waals surface area (Å²) < 4.78 is 10.7. The number of rotatable bonds is 9. The van der Waals surface area contributed by atoms with Gasteiger partial charge in [0.15, 0.2) is 17.5 Å². The number of ether oxygens (including phenoxy) is 2. The fourth-order valence-corrected chi connectivity index (χ4v) is 3.47. The van der Waals surface area contributed by atoms with Crippen LogP contribution in [-0.4, -0.2) is 57.3 Å². The highest BCUT2D eigenvalue weighted by atomic mass is 16.5. The van der Waals surface area contributed by atoms with Gasteiger partial charge < -0.3 is 25.0 Å². The monoisotopic (exact) mass is 376 g/mol. The fourth-order valence-electron chi connectivity index (χ4n) is 3.47. The summed E-state index contributed by atoms with van der Waals surface area (Å²) >= 11 is 0. The lowest BCUT2D eigenvalue weighted by Crippen LogP contribution is -2.41. The van der Waals surface area contributed by atoms with Crippen LogP contribution in [0.2, 0.25) is 0 Å². The van der Waals surface area contributed by atoms with Crippen molar-refractivity contribution in [3.63, 3.8) is 0 Å². The van der Waals surface area contributed by atoms with E-state index in [4.69, 9.17) is 14.5 Å². The minimum atomic E-state index is 0.596. The maximum Gasteiger partial charge on any atom is 0.191 e. The standard InChI is InChI=1S/C21H36N4O2/c1-5-22-21(23-12-8-14-25-13-7-6-9-17(25)2)24-16-18-10-11-19(26-3)20(15-18)27-4/h10-11,15,17H,5-9,12-14,16H2,1-4H3,(H2,22,23,24). The van der Waals surface area contributed by atoms with E-state index >= 15 is 0 Å². The number of piperidine rings is 1. The molecule has 6 nitrogen and oxygen atoms in total. The van der Waals surface area contributed by atoms with Gasteiger partial charge in [0.05, 0.1) is 20.8 Å². The molecular weight excluding hydrogens is 340 g/mol. The number of nitrogens with zero attached hydrogens (tertiary/aromatic N) is 2. The summed E-state index contributed by atoms with van der Waals surface area (Å²) in [5, 5.41) is 6.77. The molecule has 1 fully saturated rings. The molecule has 2 rings (SSSR count). The van der Waals surface area contributed by atoms with E-state index in [-0.39, 0.29) is 0 Å². The molecule has 0 aliphatic carbocycles. The largest absolute Gasteiger partial charge is 0.493 e. The molecule has 1 unspecified atom stereocenters. The molecule has 0 spiro atoms. The lowest BCUT2D eigenvalue weighted by atomic mass is 10.0. The number of hydrogen-bond donors (Lipinski definition) is 2. The van der Waals surface area contributed by atoms with Crippen LogP contribution in [0, 0.1) is 0 Å². The van der Waals surface area contributed by atoms with Crippen molar-refractivity contribution in [2.24, 2.45) is 4.99 Å². The topological polar surface area (TPSA) is 58.1 Å². The van der Waals surface area contributed by atoms with E-state index in [9.17, 15) is 0 Å². The summed E-state index contributed by atoms with van der Waals surface area (Å²) in [6.07, 6.45) is 5.18. The maximum absolute atomic E-state index is 5.37. The van der Waals surface area contributed by atoms with Gasteiger partial charge in [-0.3, -0.25) is 0 Å². The molecule has 1 aliphatic rings. The van der Waals surface area contributed by atoms with Crippen LogP contribution < -0.4 is 20.1 Å². The van der Waals surface area contributed by atoms with Gasteiger partial charge in [-0.2, -0.15) is 0 Å². The lowest BCUT2D eigenvalue weighted by molar-refractivity contribution is 0.159. The summed E-state index contributed by atoms with van der Waals surface area (Å²) in [4.78, 5) is 7.31. The second-order valence-electron chi connectivity index (χ2n) is 7.05. The summed E-state index contributed by atoms with van der Waals surface area (Å²) in [5.74, 6) is 2.33. The Hall–Kier alpha value is -1.95. The number of hydrogen-bond acceptors (Lipinski definition) is 4.